The van der Waals surface area contributed by atoms with Crippen LogP contribution in [0.25, 0.3) is 0 Å². The number of benzene rings is 1. The molecule has 164 valence electrons. The molecule has 30 heavy (non-hydrogen) atoms. The molecule has 2 aromatic rings. The van der Waals surface area contributed by atoms with Gasteiger partial charge in [0.25, 0.3) is 0 Å². The van der Waals surface area contributed by atoms with Gasteiger partial charge in [0, 0.05) is 28.9 Å². The topological polar surface area (TPSA) is 52.7 Å². The van der Waals surface area contributed by atoms with Crippen molar-refractivity contribution in [2.75, 3.05) is 13.1 Å². The second kappa shape index (κ2) is 12.4. The van der Waals surface area contributed by atoms with Gasteiger partial charge in [0.2, 0.25) is 5.91 Å². The van der Waals surface area contributed by atoms with E-state index in [2.05, 4.69) is 31.3 Å². The van der Waals surface area contributed by atoms with Crippen LogP contribution in [0.1, 0.15) is 55.4 Å². The molecule has 0 aliphatic rings. The molecule has 2 rings (SSSR count). The van der Waals surface area contributed by atoms with Gasteiger partial charge in [-0.3, -0.25) is 4.79 Å². The van der Waals surface area contributed by atoms with Crippen LogP contribution in [-0.4, -0.2) is 40.9 Å². The summed E-state index contributed by atoms with van der Waals surface area (Å²) in [6.45, 7) is 10.0. The Morgan fingerprint density at radius 3 is 2.40 bits per heavy atom. The van der Waals surface area contributed by atoms with Crippen LogP contribution in [0.4, 0.5) is 4.79 Å². The molecule has 5 nitrogen and oxygen atoms in total. The number of nitrogens with one attached hydrogen (secondary N) is 1. The smallest absolute Gasteiger partial charge is 0.318 e. The van der Waals surface area contributed by atoms with E-state index in [1.807, 2.05) is 49.1 Å². The minimum absolute atomic E-state index is 0.00173. The van der Waals surface area contributed by atoms with Gasteiger partial charge in [-0.25, -0.2) is 4.79 Å². The predicted molar refractivity (Wildman–Crippen MR) is 125 cm³/mol. The average Bonchev–Trinajstić information content (AvgIpc) is 3.16. The molecule has 1 heterocycles. The third-order valence-corrected chi connectivity index (χ3v) is 6.19. The molecule has 1 atom stereocenters. The Hall–Kier alpha value is -2.34. The number of thiophene rings is 1. The van der Waals surface area contributed by atoms with Crippen LogP contribution in [0.15, 0.2) is 42.5 Å². The van der Waals surface area contributed by atoms with Gasteiger partial charge < -0.3 is 15.1 Å². The second-order valence-electron chi connectivity index (χ2n) is 7.72. The minimum Gasteiger partial charge on any atom is -0.338 e. The fraction of sp³-hybridized carbons (Fsp3) is 0.500. The third-order valence-electron chi connectivity index (χ3n) is 5.21. The first kappa shape index (κ1) is 23.9. The molecule has 0 saturated carbocycles. The van der Waals surface area contributed by atoms with E-state index in [0.717, 1.165) is 29.7 Å². The monoisotopic (exact) mass is 429 g/mol. The maximum atomic E-state index is 13.3. The number of urea groups is 1. The van der Waals surface area contributed by atoms with Crippen molar-refractivity contribution in [1.29, 1.82) is 0 Å². The van der Waals surface area contributed by atoms with Crippen molar-refractivity contribution in [3.05, 3.63) is 57.8 Å². The second-order valence-corrected chi connectivity index (χ2v) is 9.09. The normalized spacial score (nSPS) is 11.7. The van der Waals surface area contributed by atoms with E-state index in [0.29, 0.717) is 19.6 Å². The molecule has 0 saturated heterocycles. The van der Waals surface area contributed by atoms with Crippen molar-refractivity contribution in [2.24, 2.45) is 0 Å². The SMILES string of the molecule is CCCCNC(=O)N(CC(=O)N(Cc1ccccc1)Cc1ccc(C)s1)C(C)CC. The molecule has 0 bridgehead atoms. The van der Waals surface area contributed by atoms with Gasteiger partial charge in [0.05, 0.1) is 6.54 Å². The summed E-state index contributed by atoms with van der Waals surface area (Å²) in [6.07, 6.45) is 2.76. The number of carbonyl (C=O) groups excluding carboxylic acids is 2. The molecule has 1 aromatic heterocycles. The summed E-state index contributed by atoms with van der Waals surface area (Å²) in [6, 6.07) is 14.0. The van der Waals surface area contributed by atoms with Crippen molar-refractivity contribution in [3.8, 4) is 0 Å². The summed E-state index contributed by atoms with van der Waals surface area (Å²) >= 11 is 1.71. The van der Waals surface area contributed by atoms with Crippen LogP contribution in [0.5, 0.6) is 0 Å². The van der Waals surface area contributed by atoms with E-state index in [-0.39, 0.29) is 24.5 Å². The van der Waals surface area contributed by atoms with Crippen molar-refractivity contribution < 1.29 is 9.59 Å². The summed E-state index contributed by atoms with van der Waals surface area (Å²) in [4.78, 5) is 32.0. The highest BCUT2D eigenvalue weighted by Crippen LogP contribution is 2.19. The fourth-order valence-electron chi connectivity index (χ4n) is 3.16. The number of rotatable bonds is 11. The summed E-state index contributed by atoms with van der Waals surface area (Å²) in [5.74, 6) is -0.0316. The van der Waals surface area contributed by atoms with Crippen molar-refractivity contribution in [2.45, 2.75) is 66.1 Å². The number of aryl methyl sites for hydroxylation is 1. The van der Waals surface area contributed by atoms with Gasteiger partial charge in [0.15, 0.2) is 0 Å². The molecule has 3 amide bonds. The predicted octanol–water partition coefficient (Wildman–Crippen LogP) is 5.20. The Balaban J connectivity index is 2.15. The van der Waals surface area contributed by atoms with Crippen LogP contribution in [0, 0.1) is 6.92 Å². The number of carbonyl (C=O) groups is 2. The van der Waals surface area contributed by atoms with E-state index >= 15 is 0 Å². The van der Waals surface area contributed by atoms with Crippen LogP contribution >= 0.6 is 11.3 Å². The van der Waals surface area contributed by atoms with Gasteiger partial charge >= 0.3 is 6.03 Å². The third kappa shape index (κ3) is 7.48. The van der Waals surface area contributed by atoms with Crippen LogP contribution in [0.2, 0.25) is 0 Å². The van der Waals surface area contributed by atoms with E-state index < -0.39 is 0 Å². The van der Waals surface area contributed by atoms with E-state index in [1.54, 1.807) is 16.2 Å². The van der Waals surface area contributed by atoms with Crippen molar-refractivity contribution >= 4 is 23.3 Å². The molecule has 1 aromatic carbocycles. The maximum Gasteiger partial charge on any atom is 0.318 e. The molecule has 1 N–H and O–H groups in total. The maximum absolute atomic E-state index is 13.3. The standard InChI is InChI=1S/C24H35N3O2S/c1-5-7-15-25-24(29)27(19(3)6-2)18-23(28)26(16-21-11-9-8-10-12-21)17-22-14-13-20(4)30-22/h8-14,19H,5-7,15-18H2,1-4H3,(H,25,29). The van der Waals surface area contributed by atoms with Crippen molar-refractivity contribution in [3.63, 3.8) is 0 Å². The number of amides is 3. The lowest BCUT2D eigenvalue weighted by molar-refractivity contribution is -0.133. The number of hydrogen-bond acceptors (Lipinski definition) is 3. The average molecular weight is 430 g/mol. The van der Waals surface area contributed by atoms with Crippen LogP contribution in [0.3, 0.4) is 0 Å². The summed E-state index contributed by atoms with van der Waals surface area (Å²) in [5, 5.41) is 2.96. The van der Waals surface area contributed by atoms with Crippen LogP contribution < -0.4 is 5.32 Å². The summed E-state index contributed by atoms with van der Waals surface area (Å²) < 4.78 is 0. The Kier molecular flexibility index (Phi) is 9.87. The largest absolute Gasteiger partial charge is 0.338 e. The quantitative estimate of drug-likeness (QED) is 0.500. The van der Waals surface area contributed by atoms with Crippen molar-refractivity contribution in [1.82, 2.24) is 15.1 Å². The van der Waals surface area contributed by atoms with Gasteiger partial charge in [-0.05, 0) is 44.4 Å². The van der Waals surface area contributed by atoms with E-state index in [1.165, 1.54) is 4.88 Å². The molecule has 0 aliphatic carbocycles. The first-order valence-corrected chi connectivity index (χ1v) is 11.7. The Bertz CT molecular complexity index is 791. The van der Waals surface area contributed by atoms with Gasteiger partial charge in [-0.15, -0.1) is 11.3 Å². The summed E-state index contributed by atoms with van der Waals surface area (Å²) in [7, 11) is 0. The van der Waals surface area contributed by atoms with E-state index in [4.69, 9.17) is 0 Å². The molecule has 0 radical (unpaired) electrons. The first-order chi connectivity index (χ1) is 14.4. The first-order valence-electron chi connectivity index (χ1n) is 10.9. The summed E-state index contributed by atoms with van der Waals surface area (Å²) in [5.41, 5.74) is 1.08. The molecular formula is C24H35N3O2S. The fourth-order valence-corrected chi connectivity index (χ4v) is 4.07. The zero-order valence-electron chi connectivity index (χ0n) is 18.7. The molecule has 0 aliphatic heterocycles. The van der Waals surface area contributed by atoms with Gasteiger partial charge in [0.1, 0.15) is 6.54 Å². The zero-order chi connectivity index (χ0) is 21.9. The molecule has 0 spiro atoms. The Labute approximate surface area is 185 Å². The zero-order valence-corrected chi connectivity index (χ0v) is 19.5. The number of unbranched alkanes of at least 4 members (excludes halogenated alkanes) is 1. The molecule has 1 unspecified atom stereocenters. The lowest BCUT2D eigenvalue weighted by atomic mass is 10.2. The Morgan fingerprint density at radius 2 is 1.80 bits per heavy atom. The van der Waals surface area contributed by atoms with Gasteiger partial charge in [-0.2, -0.15) is 0 Å². The highest BCUT2D eigenvalue weighted by molar-refractivity contribution is 7.11. The highest BCUT2D eigenvalue weighted by atomic mass is 32.1. The number of nitrogens with zero attached hydrogens (tertiary/aromatic N) is 2. The van der Waals surface area contributed by atoms with Crippen LogP contribution in [-0.2, 0) is 17.9 Å². The Morgan fingerprint density at radius 1 is 1.07 bits per heavy atom. The lowest BCUT2D eigenvalue weighted by Gasteiger charge is -2.31. The molecule has 6 heteroatoms. The van der Waals surface area contributed by atoms with E-state index in [9.17, 15) is 9.59 Å². The lowest BCUT2D eigenvalue weighted by Crippen LogP contribution is -2.50. The number of hydrogen-bond donors (Lipinski definition) is 1. The highest BCUT2D eigenvalue weighted by Gasteiger charge is 2.25. The minimum atomic E-state index is -0.155. The molecule has 0 fully saturated rings. The van der Waals surface area contributed by atoms with Gasteiger partial charge in [-0.1, -0.05) is 50.6 Å². The molecular weight excluding hydrogens is 394 g/mol.